The topological polar surface area (TPSA) is 67.2 Å². The molecule has 5 heteroatoms. The largest absolute Gasteiger partial charge is 0.465 e. The maximum atomic E-state index is 10.1. The number of nitrogens with zero attached hydrogens (tertiary/aromatic N) is 2. The molecule has 5 nitrogen and oxygen atoms in total. The highest BCUT2D eigenvalue weighted by atomic mass is 16.4. The first-order valence-electron chi connectivity index (χ1n) is 4.14. The predicted octanol–water partition coefficient (Wildman–Crippen LogP) is 0.849. The fourth-order valence-electron chi connectivity index (χ4n) is 1.08. The van der Waals surface area contributed by atoms with Crippen LogP contribution in [0, 0.1) is 6.92 Å². The molecule has 0 aliphatic heterocycles. The summed E-state index contributed by atoms with van der Waals surface area (Å²) >= 11 is 0. The fourth-order valence-corrected chi connectivity index (χ4v) is 1.08. The molecule has 1 rings (SSSR count). The van der Waals surface area contributed by atoms with Crippen molar-refractivity contribution in [1.29, 1.82) is 0 Å². The van der Waals surface area contributed by atoms with Crippen LogP contribution in [-0.2, 0) is 6.54 Å². The van der Waals surface area contributed by atoms with Crippen LogP contribution >= 0.6 is 0 Å². The van der Waals surface area contributed by atoms with Crippen molar-refractivity contribution in [1.82, 2.24) is 14.9 Å². The Hall–Kier alpha value is -1.52. The predicted molar refractivity (Wildman–Crippen MR) is 47.6 cm³/mol. The average molecular weight is 183 g/mol. The van der Waals surface area contributed by atoms with Gasteiger partial charge in [-0.15, -0.1) is 0 Å². The highest BCUT2D eigenvalue weighted by Gasteiger charge is 1.97. The molecular weight excluding hydrogens is 170 g/mol. The molecular formula is C8H13N3O2. The molecule has 1 heterocycles. The van der Waals surface area contributed by atoms with Gasteiger partial charge in [-0.2, -0.15) is 0 Å². The maximum Gasteiger partial charge on any atom is 0.404 e. The molecule has 0 aliphatic carbocycles. The molecule has 0 aromatic carbocycles. The van der Waals surface area contributed by atoms with Crippen molar-refractivity contribution in [2.75, 3.05) is 6.54 Å². The molecule has 13 heavy (non-hydrogen) atoms. The Bertz CT molecular complexity index is 283. The van der Waals surface area contributed by atoms with E-state index in [1.807, 2.05) is 17.7 Å². The molecule has 0 unspecified atom stereocenters. The van der Waals surface area contributed by atoms with Crippen molar-refractivity contribution in [3.63, 3.8) is 0 Å². The zero-order valence-electron chi connectivity index (χ0n) is 7.53. The van der Waals surface area contributed by atoms with Crippen LogP contribution in [0.1, 0.15) is 12.2 Å². The number of aromatic nitrogens is 2. The number of carbonyl (C=O) groups is 1. The van der Waals surface area contributed by atoms with Crippen molar-refractivity contribution in [2.45, 2.75) is 19.9 Å². The maximum absolute atomic E-state index is 10.1. The number of rotatable bonds is 4. The Morgan fingerprint density at radius 2 is 2.54 bits per heavy atom. The van der Waals surface area contributed by atoms with E-state index in [-0.39, 0.29) is 0 Å². The number of imidazole rings is 1. The summed E-state index contributed by atoms with van der Waals surface area (Å²) in [6.45, 7) is 3.20. The van der Waals surface area contributed by atoms with Crippen LogP contribution in [0.15, 0.2) is 12.4 Å². The zero-order chi connectivity index (χ0) is 9.68. The minimum absolute atomic E-state index is 0.479. The van der Waals surface area contributed by atoms with Gasteiger partial charge in [0.15, 0.2) is 0 Å². The Balaban J connectivity index is 2.20. The molecule has 0 saturated carbocycles. The van der Waals surface area contributed by atoms with Gasteiger partial charge in [-0.1, -0.05) is 0 Å². The first kappa shape index (κ1) is 9.57. The van der Waals surface area contributed by atoms with Crippen LogP contribution in [-0.4, -0.2) is 27.3 Å². The van der Waals surface area contributed by atoms with E-state index in [1.165, 1.54) is 0 Å². The van der Waals surface area contributed by atoms with Crippen LogP contribution in [0.5, 0.6) is 0 Å². The summed E-state index contributed by atoms with van der Waals surface area (Å²) in [4.78, 5) is 14.2. The summed E-state index contributed by atoms with van der Waals surface area (Å²) in [7, 11) is 0. The Morgan fingerprint density at radius 1 is 1.77 bits per heavy atom. The monoisotopic (exact) mass is 183 g/mol. The van der Waals surface area contributed by atoms with Crippen molar-refractivity contribution < 1.29 is 9.90 Å². The molecule has 0 radical (unpaired) electrons. The van der Waals surface area contributed by atoms with Crippen molar-refractivity contribution in [3.8, 4) is 0 Å². The smallest absolute Gasteiger partial charge is 0.404 e. The van der Waals surface area contributed by atoms with E-state index >= 15 is 0 Å². The highest BCUT2D eigenvalue weighted by Crippen LogP contribution is 1.96. The molecule has 1 aromatic heterocycles. The van der Waals surface area contributed by atoms with Crippen molar-refractivity contribution in [3.05, 3.63) is 18.2 Å². The van der Waals surface area contributed by atoms with E-state index < -0.39 is 6.09 Å². The fraction of sp³-hybridized carbons (Fsp3) is 0.500. The van der Waals surface area contributed by atoms with Crippen LogP contribution < -0.4 is 5.32 Å². The van der Waals surface area contributed by atoms with E-state index in [4.69, 9.17) is 5.11 Å². The second-order valence-electron chi connectivity index (χ2n) is 2.75. The summed E-state index contributed by atoms with van der Waals surface area (Å²) in [6, 6.07) is 0. The van der Waals surface area contributed by atoms with Crippen LogP contribution in [0.4, 0.5) is 4.79 Å². The lowest BCUT2D eigenvalue weighted by molar-refractivity contribution is 0.194. The molecule has 1 aromatic rings. The molecule has 0 bridgehead atoms. The van der Waals surface area contributed by atoms with E-state index in [2.05, 4.69) is 10.3 Å². The van der Waals surface area contributed by atoms with Gasteiger partial charge in [0.25, 0.3) is 0 Å². The van der Waals surface area contributed by atoms with Gasteiger partial charge in [0.2, 0.25) is 0 Å². The normalized spacial score (nSPS) is 9.92. The van der Waals surface area contributed by atoms with Gasteiger partial charge in [-0.05, 0) is 13.3 Å². The molecule has 72 valence electrons. The summed E-state index contributed by atoms with van der Waals surface area (Å²) in [5.74, 6) is 0.954. The van der Waals surface area contributed by atoms with Gasteiger partial charge < -0.3 is 15.0 Å². The second-order valence-corrected chi connectivity index (χ2v) is 2.75. The summed E-state index contributed by atoms with van der Waals surface area (Å²) in [5, 5.41) is 10.6. The van der Waals surface area contributed by atoms with Crippen molar-refractivity contribution in [2.24, 2.45) is 0 Å². The number of carboxylic acid groups (broad SMARTS) is 1. The number of aryl methyl sites for hydroxylation is 2. The lowest BCUT2D eigenvalue weighted by Crippen LogP contribution is -2.22. The van der Waals surface area contributed by atoms with Gasteiger partial charge in [0, 0.05) is 25.5 Å². The quantitative estimate of drug-likeness (QED) is 0.680. The first-order valence-corrected chi connectivity index (χ1v) is 4.14. The second kappa shape index (κ2) is 4.49. The molecule has 0 spiro atoms. The van der Waals surface area contributed by atoms with Gasteiger partial charge >= 0.3 is 6.09 Å². The zero-order valence-corrected chi connectivity index (χ0v) is 7.53. The van der Waals surface area contributed by atoms with E-state index in [9.17, 15) is 4.79 Å². The summed E-state index contributed by atoms with van der Waals surface area (Å²) in [6.07, 6.45) is 3.43. The number of hydrogen-bond donors (Lipinski definition) is 2. The molecule has 0 aliphatic rings. The van der Waals surface area contributed by atoms with E-state index in [0.29, 0.717) is 6.54 Å². The third kappa shape index (κ3) is 3.14. The minimum atomic E-state index is -0.970. The van der Waals surface area contributed by atoms with E-state index in [0.717, 1.165) is 18.8 Å². The van der Waals surface area contributed by atoms with Gasteiger partial charge in [0.1, 0.15) is 5.82 Å². The lowest BCUT2D eigenvalue weighted by Gasteiger charge is -2.04. The summed E-state index contributed by atoms with van der Waals surface area (Å²) < 4.78 is 1.99. The molecule has 0 fully saturated rings. The Labute approximate surface area is 76.4 Å². The standard InChI is InChI=1S/C8H13N3O2/c1-7-9-4-6-11(7)5-2-3-10-8(12)13/h4,6,10H,2-3,5H2,1H3,(H,12,13). The Kier molecular flexibility index (Phi) is 3.31. The van der Waals surface area contributed by atoms with Gasteiger partial charge in [-0.25, -0.2) is 9.78 Å². The molecule has 0 saturated heterocycles. The average Bonchev–Trinajstić information content (AvgIpc) is 2.45. The number of amides is 1. The van der Waals surface area contributed by atoms with Crippen LogP contribution in [0.3, 0.4) is 0 Å². The van der Waals surface area contributed by atoms with Crippen LogP contribution in [0.25, 0.3) is 0 Å². The SMILES string of the molecule is Cc1nccn1CCCNC(=O)O. The van der Waals surface area contributed by atoms with E-state index in [1.54, 1.807) is 6.20 Å². The Morgan fingerprint density at radius 3 is 3.08 bits per heavy atom. The molecule has 0 atom stereocenters. The minimum Gasteiger partial charge on any atom is -0.465 e. The van der Waals surface area contributed by atoms with Gasteiger partial charge in [0.05, 0.1) is 0 Å². The summed E-state index contributed by atoms with van der Waals surface area (Å²) in [5.41, 5.74) is 0. The molecule has 1 amide bonds. The third-order valence-electron chi connectivity index (χ3n) is 1.78. The lowest BCUT2D eigenvalue weighted by atomic mass is 10.4. The van der Waals surface area contributed by atoms with Crippen LogP contribution in [0.2, 0.25) is 0 Å². The molecule has 2 N–H and O–H groups in total. The number of hydrogen-bond acceptors (Lipinski definition) is 2. The first-order chi connectivity index (χ1) is 6.20. The van der Waals surface area contributed by atoms with Gasteiger partial charge in [-0.3, -0.25) is 0 Å². The van der Waals surface area contributed by atoms with Crippen molar-refractivity contribution >= 4 is 6.09 Å². The highest BCUT2D eigenvalue weighted by molar-refractivity contribution is 5.64. The number of nitrogens with one attached hydrogen (secondary N) is 1. The third-order valence-corrected chi connectivity index (χ3v) is 1.78.